The molecule has 1 aromatic carbocycles. The molecule has 0 aliphatic carbocycles. The molecule has 3 atom stereocenters. The van der Waals surface area contributed by atoms with Crippen molar-refractivity contribution < 1.29 is 9.53 Å². The first-order chi connectivity index (χ1) is 11.1. The van der Waals surface area contributed by atoms with Crippen LogP contribution in [0.4, 0.5) is 0 Å². The molecular weight excluding hydrogens is 292 g/mol. The average Bonchev–Trinajstić information content (AvgIpc) is 3.10. The Bertz CT molecular complexity index is 656. The van der Waals surface area contributed by atoms with Crippen LogP contribution in [0, 0.1) is 0 Å². The third kappa shape index (κ3) is 3.60. The molecule has 2 heterocycles. The number of hydrogen-bond donors (Lipinski definition) is 2. The molecule has 6 nitrogen and oxygen atoms in total. The van der Waals surface area contributed by atoms with Crippen LogP contribution in [0.1, 0.15) is 25.5 Å². The Hall–Kier alpha value is -2.18. The van der Waals surface area contributed by atoms with Gasteiger partial charge < -0.3 is 19.9 Å². The summed E-state index contributed by atoms with van der Waals surface area (Å²) in [5.74, 6) is -0.0299. The maximum atomic E-state index is 12.4. The van der Waals surface area contributed by atoms with E-state index in [0.717, 1.165) is 11.3 Å². The number of carbonyl (C=O) groups is 1. The molecule has 0 radical (unpaired) electrons. The summed E-state index contributed by atoms with van der Waals surface area (Å²) in [4.78, 5) is 16.5. The number of hydrogen-bond acceptors (Lipinski definition) is 4. The first kappa shape index (κ1) is 15.7. The Morgan fingerprint density at radius 1 is 1.52 bits per heavy atom. The van der Waals surface area contributed by atoms with E-state index in [1.54, 1.807) is 12.5 Å². The fourth-order valence-electron chi connectivity index (χ4n) is 2.78. The molecule has 1 aromatic heterocycles. The molecule has 1 aliphatic heterocycles. The summed E-state index contributed by atoms with van der Waals surface area (Å²) in [6.07, 6.45) is 5.28. The number of amides is 1. The Kier molecular flexibility index (Phi) is 4.73. The lowest BCUT2D eigenvalue weighted by Gasteiger charge is -2.30. The van der Waals surface area contributed by atoms with Gasteiger partial charge in [0.05, 0.1) is 25.1 Å². The van der Waals surface area contributed by atoms with Crippen LogP contribution in [0.3, 0.4) is 0 Å². The molecule has 1 saturated heterocycles. The van der Waals surface area contributed by atoms with Gasteiger partial charge in [-0.25, -0.2) is 4.98 Å². The van der Waals surface area contributed by atoms with E-state index >= 15 is 0 Å². The summed E-state index contributed by atoms with van der Waals surface area (Å²) in [6, 6.07) is 7.68. The van der Waals surface area contributed by atoms with E-state index in [9.17, 15) is 4.79 Å². The first-order valence-electron chi connectivity index (χ1n) is 7.89. The van der Waals surface area contributed by atoms with Gasteiger partial charge in [0.25, 0.3) is 0 Å². The molecule has 1 fully saturated rings. The van der Waals surface area contributed by atoms with Crippen molar-refractivity contribution in [3.63, 3.8) is 0 Å². The third-order valence-electron chi connectivity index (χ3n) is 4.13. The molecule has 1 unspecified atom stereocenters. The summed E-state index contributed by atoms with van der Waals surface area (Å²) in [5, 5.41) is 6.27. The van der Waals surface area contributed by atoms with Crippen LogP contribution in [0.25, 0.3) is 5.69 Å². The number of ether oxygens (including phenoxy) is 1. The van der Waals surface area contributed by atoms with Crippen molar-refractivity contribution in [2.75, 3.05) is 13.2 Å². The van der Waals surface area contributed by atoms with E-state index in [2.05, 4.69) is 21.7 Å². The monoisotopic (exact) mass is 314 g/mol. The molecule has 3 rings (SSSR count). The molecule has 0 saturated carbocycles. The van der Waals surface area contributed by atoms with Crippen LogP contribution in [0.2, 0.25) is 0 Å². The van der Waals surface area contributed by atoms with E-state index in [1.165, 1.54) is 0 Å². The number of morpholine rings is 1. The summed E-state index contributed by atoms with van der Waals surface area (Å²) >= 11 is 0. The molecular formula is C17H22N4O2. The van der Waals surface area contributed by atoms with Gasteiger partial charge in [0.2, 0.25) is 5.91 Å². The van der Waals surface area contributed by atoms with E-state index in [0.29, 0.717) is 13.2 Å². The minimum atomic E-state index is -0.303. The molecule has 1 amide bonds. The maximum absolute atomic E-state index is 12.4. The highest BCUT2D eigenvalue weighted by Gasteiger charge is 2.29. The van der Waals surface area contributed by atoms with Crippen molar-refractivity contribution in [1.82, 2.24) is 20.2 Å². The molecule has 2 N–H and O–H groups in total. The predicted octanol–water partition coefficient (Wildman–Crippen LogP) is 1.43. The van der Waals surface area contributed by atoms with Gasteiger partial charge in [-0.1, -0.05) is 12.1 Å². The van der Waals surface area contributed by atoms with E-state index < -0.39 is 0 Å². The van der Waals surface area contributed by atoms with Crippen LogP contribution in [-0.4, -0.2) is 40.8 Å². The largest absolute Gasteiger partial charge is 0.375 e. The van der Waals surface area contributed by atoms with Crippen LogP contribution < -0.4 is 10.6 Å². The predicted molar refractivity (Wildman–Crippen MR) is 87.3 cm³/mol. The SMILES string of the molecule is CC(NC(=O)[C@H]1NCCO[C@@H]1C)c1cccc(-n2ccnc2)c1. The minimum Gasteiger partial charge on any atom is -0.375 e. The topological polar surface area (TPSA) is 68.2 Å². The van der Waals surface area contributed by atoms with Gasteiger partial charge in [-0.3, -0.25) is 4.79 Å². The number of nitrogens with zero attached hydrogens (tertiary/aromatic N) is 2. The average molecular weight is 314 g/mol. The van der Waals surface area contributed by atoms with Gasteiger partial charge in [-0.05, 0) is 31.5 Å². The lowest BCUT2D eigenvalue weighted by atomic mass is 10.1. The van der Waals surface area contributed by atoms with E-state index in [1.807, 2.05) is 42.8 Å². The molecule has 1 aliphatic rings. The van der Waals surface area contributed by atoms with Crippen LogP contribution in [-0.2, 0) is 9.53 Å². The fraction of sp³-hybridized carbons (Fsp3) is 0.412. The Labute approximate surface area is 135 Å². The molecule has 0 spiro atoms. The van der Waals surface area contributed by atoms with Crippen LogP contribution in [0.5, 0.6) is 0 Å². The Balaban J connectivity index is 1.69. The highest BCUT2D eigenvalue weighted by Crippen LogP contribution is 2.17. The molecule has 0 bridgehead atoms. The highest BCUT2D eigenvalue weighted by atomic mass is 16.5. The molecule has 6 heteroatoms. The van der Waals surface area contributed by atoms with Crippen molar-refractivity contribution in [2.24, 2.45) is 0 Å². The molecule has 23 heavy (non-hydrogen) atoms. The lowest BCUT2D eigenvalue weighted by molar-refractivity contribution is -0.129. The number of benzene rings is 1. The Morgan fingerprint density at radius 3 is 3.13 bits per heavy atom. The highest BCUT2D eigenvalue weighted by molar-refractivity contribution is 5.82. The van der Waals surface area contributed by atoms with Crippen LogP contribution >= 0.6 is 0 Å². The maximum Gasteiger partial charge on any atom is 0.240 e. The lowest BCUT2D eigenvalue weighted by Crippen LogP contribution is -2.55. The first-order valence-corrected chi connectivity index (χ1v) is 7.89. The minimum absolute atomic E-state index is 0.0299. The van der Waals surface area contributed by atoms with E-state index in [-0.39, 0.29) is 24.1 Å². The normalized spacial score (nSPS) is 22.5. The zero-order valence-electron chi connectivity index (χ0n) is 13.4. The van der Waals surface area contributed by atoms with E-state index in [4.69, 9.17) is 4.74 Å². The number of rotatable bonds is 4. The standard InChI is InChI=1S/C17H22N4O2/c1-12(20-17(22)16-13(2)23-9-7-19-16)14-4-3-5-15(10-14)21-8-6-18-11-21/h3-6,8,10-13,16,19H,7,9H2,1-2H3,(H,20,22)/t12?,13-,16+/m1/s1. The van der Waals surface area contributed by atoms with Crippen molar-refractivity contribution in [1.29, 1.82) is 0 Å². The third-order valence-corrected chi connectivity index (χ3v) is 4.13. The van der Waals surface area contributed by atoms with Crippen molar-refractivity contribution in [2.45, 2.75) is 32.0 Å². The number of nitrogens with one attached hydrogen (secondary N) is 2. The second-order valence-electron chi connectivity index (χ2n) is 5.80. The van der Waals surface area contributed by atoms with Crippen LogP contribution in [0.15, 0.2) is 43.0 Å². The van der Waals surface area contributed by atoms with Crippen molar-refractivity contribution in [3.8, 4) is 5.69 Å². The summed E-state index contributed by atoms with van der Waals surface area (Å²) in [5.41, 5.74) is 2.07. The number of aromatic nitrogens is 2. The second kappa shape index (κ2) is 6.93. The van der Waals surface area contributed by atoms with Crippen molar-refractivity contribution >= 4 is 5.91 Å². The smallest absolute Gasteiger partial charge is 0.240 e. The Morgan fingerprint density at radius 2 is 2.39 bits per heavy atom. The van der Waals surface area contributed by atoms with Crippen molar-refractivity contribution in [3.05, 3.63) is 48.5 Å². The number of carbonyl (C=O) groups excluding carboxylic acids is 1. The van der Waals surface area contributed by atoms with Gasteiger partial charge in [-0.15, -0.1) is 0 Å². The fourth-order valence-corrected chi connectivity index (χ4v) is 2.78. The van der Waals surface area contributed by atoms with Gasteiger partial charge in [0, 0.05) is 24.6 Å². The summed E-state index contributed by atoms with van der Waals surface area (Å²) in [6.45, 7) is 5.25. The molecule has 122 valence electrons. The summed E-state index contributed by atoms with van der Waals surface area (Å²) < 4.78 is 7.47. The van der Waals surface area contributed by atoms with Gasteiger partial charge in [-0.2, -0.15) is 0 Å². The summed E-state index contributed by atoms with van der Waals surface area (Å²) in [7, 11) is 0. The zero-order chi connectivity index (χ0) is 16.2. The van der Waals surface area contributed by atoms with Gasteiger partial charge in [0.1, 0.15) is 6.04 Å². The quantitative estimate of drug-likeness (QED) is 0.896. The second-order valence-corrected chi connectivity index (χ2v) is 5.80. The van der Waals surface area contributed by atoms with Gasteiger partial charge >= 0.3 is 0 Å². The molecule has 2 aromatic rings. The zero-order valence-corrected chi connectivity index (χ0v) is 13.4. The van der Waals surface area contributed by atoms with Gasteiger partial charge in [0.15, 0.2) is 0 Å². The number of imidazole rings is 1.